The Hall–Kier alpha value is -1.02. The Balaban J connectivity index is 2.95. The number of hydrogen-bond donors (Lipinski definition) is 1. The average molecular weight is 263 g/mol. The van der Waals surface area contributed by atoms with Crippen molar-refractivity contribution in [1.29, 1.82) is 0 Å². The van der Waals surface area contributed by atoms with E-state index in [-0.39, 0.29) is 0 Å². The van der Waals surface area contributed by atoms with Crippen molar-refractivity contribution in [3.8, 4) is 5.75 Å². The Bertz CT molecular complexity index is 400. The van der Waals surface area contributed by atoms with E-state index in [9.17, 15) is 0 Å². The van der Waals surface area contributed by atoms with Crippen molar-refractivity contribution in [2.24, 2.45) is 11.7 Å². The molecule has 1 aromatic carbocycles. The van der Waals surface area contributed by atoms with Crippen LogP contribution in [0.4, 0.5) is 0 Å². The summed E-state index contributed by atoms with van der Waals surface area (Å²) >= 11 is 0. The van der Waals surface area contributed by atoms with Crippen LogP contribution in [0.25, 0.3) is 0 Å². The predicted octanol–water partition coefficient (Wildman–Crippen LogP) is 4.18. The molecule has 0 saturated carbocycles. The van der Waals surface area contributed by atoms with Crippen LogP contribution in [0.2, 0.25) is 0 Å². The van der Waals surface area contributed by atoms with Crippen molar-refractivity contribution in [3.63, 3.8) is 0 Å². The van der Waals surface area contributed by atoms with E-state index in [1.165, 1.54) is 16.7 Å². The summed E-state index contributed by atoms with van der Waals surface area (Å²) in [6.07, 6.45) is 2.12. The maximum Gasteiger partial charge on any atom is 0.122 e. The Labute approximate surface area is 118 Å². The lowest BCUT2D eigenvalue weighted by atomic mass is 9.83. The molecule has 2 nitrogen and oxygen atoms in total. The van der Waals surface area contributed by atoms with Gasteiger partial charge in [-0.2, -0.15) is 0 Å². The minimum Gasteiger partial charge on any atom is -0.493 e. The molecular formula is C17H29NO. The van der Waals surface area contributed by atoms with Crippen LogP contribution < -0.4 is 10.5 Å². The third-order valence-corrected chi connectivity index (χ3v) is 4.21. The van der Waals surface area contributed by atoms with Crippen LogP contribution in [-0.4, -0.2) is 13.2 Å². The van der Waals surface area contributed by atoms with Gasteiger partial charge in [0.2, 0.25) is 0 Å². The van der Waals surface area contributed by atoms with Gasteiger partial charge in [0, 0.05) is 0 Å². The van der Waals surface area contributed by atoms with E-state index in [0.717, 1.165) is 31.7 Å². The van der Waals surface area contributed by atoms with Crippen LogP contribution in [0.3, 0.4) is 0 Å². The van der Waals surface area contributed by atoms with Gasteiger partial charge in [-0.05, 0) is 67.8 Å². The molecule has 0 fully saturated rings. The van der Waals surface area contributed by atoms with E-state index in [0.29, 0.717) is 11.8 Å². The summed E-state index contributed by atoms with van der Waals surface area (Å²) in [5, 5.41) is 0. The predicted molar refractivity (Wildman–Crippen MR) is 83.0 cm³/mol. The van der Waals surface area contributed by atoms with Gasteiger partial charge in [-0.25, -0.2) is 0 Å². The number of benzene rings is 1. The van der Waals surface area contributed by atoms with Crippen LogP contribution in [0.15, 0.2) is 12.1 Å². The maximum atomic E-state index is 5.79. The van der Waals surface area contributed by atoms with Gasteiger partial charge in [-0.3, -0.25) is 0 Å². The number of ether oxygens (including phenoxy) is 1. The smallest absolute Gasteiger partial charge is 0.122 e. The third kappa shape index (κ3) is 3.97. The molecule has 19 heavy (non-hydrogen) atoms. The third-order valence-electron chi connectivity index (χ3n) is 4.21. The molecule has 2 unspecified atom stereocenters. The van der Waals surface area contributed by atoms with Crippen molar-refractivity contribution in [2.75, 3.05) is 13.2 Å². The van der Waals surface area contributed by atoms with Crippen LogP contribution >= 0.6 is 0 Å². The van der Waals surface area contributed by atoms with Crippen molar-refractivity contribution in [3.05, 3.63) is 28.8 Å². The summed E-state index contributed by atoms with van der Waals surface area (Å²) in [4.78, 5) is 0. The standard InChI is InChI=1S/C17H29NO/c1-6-11-19-17-8-7-16(14(4)15(17)5)13(3)12(2)9-10-18/h7-8,12-13H,6,9-11,18H2,1-5H3. The summed E-state index contributed by atoms with van der Waals surface area (Å²) in [5.41, 5.74) is 9.75. The fourth-order valence-electron chi connectivity index (χ4n) is 2.50. The molecular weight excluding hydrogens is 234 g/mol. The second-order valence-corrected chi connectivity index (χ2v) is 5.59. The second kappa shape index (κ2) is 7.54. The molecule has 1 aromatic rings. The summed E-state index contributed by atoms with van der Waals surface area (Å²) in [7, 11) is 0. The molecule has 0 bridgehead atoms. The summed E-state index contributed by atoms with van der Waals surface area (Å²) in [6.45, 7) is 12.6. The van der Waals surface area contributed by atoms with Crippen LogP contribution in [0.5, 0.6) is 5.75 Å². The average Bonchev–Trinajstić information content (AvgIpc) is 2.40. The molecule has 2 atom stereocenters. The minimum atomic E-state index is 0.544. The van der Waals surface area contributed by atoms with E-state index >= 15 is 0 Å². The topological polar surface area (TPSA) is 35.2 Å². The molecule has 108 valence electrons. The maximum absolute atomic E-state index is 5.79. The number of hydrogen-bond acceptors (Lipinski definition) is 2. The Kier molecular flexibility index (Phi) is 6.36. The first-order valence-corrected chi connectivity index (χ1v) is 7.45. The highest BCUT2D eigenvalue weighted by molar-refractivity contribution is 5.45. The lowest BCUT2D eigenvalue weighted by molar-refractivity contribution is 0.314. The molecule has 0 radical (unpaired) electrons. The number of nitrogens with two attached hydrogens (primary N) is 1. The highest BCUT2D eigenvalue weighted by atomic mass is 16.5. The first-order valence-electron chi connectivity index (χ1n) is 7.45. The molecule has 0 aliphatic heterocycles. The quantitative estimate of drug-likeness (QED) is 0.801. The molecule has 0 saturated heterocycles. The normalized spacial score (nSPS) is 14.2. The van der Waals surface area contributed by atoms with Gasteiger partial charge in [0.15, 0.2) is 0 Å². The first kappa shape index (κ1) is 16.0. The largest absolute Gasteiger partial charge is 0.493 e. The van der Waals surface area contributed by atoms with Gasteiger partial charge in [0.25, 0.3) is 0 Å². The van der Waals surface area contributed by atoms with Gasteiger partial charge >= 0.3 is 0 Å². The Morgan fingerprint density at radius 1 is 1.16 bits per heavy atom. The van der Waals surface area contributed by atoms with E-state index < -0.39 is 0 Å². The number of rotatable bonds is 7. The molecule has 2 heteroatoms. The van der Waals surface area contributed by atoms with Gasteiger partial charge in [-0.15, -0.1) is 0 Å². The molecule has 0 spiro atoms. The lowest BCUT2D eigenvalue weighted by Crippen LogP contribution is -2.13. The van der Waals surface area contributed by atoms with E-state index in [1.54, 1.807) is 0 Å². The summed E-state index contributed by atoms with van der Waals surface area (Å²) in [6, 6.07) is 4.35. The van der Waals surface area contributed by atoms with Crippen molar-refractivity contribution < 1.29 is 4.74 Å². The molecule has 2 N–H and O–H groups in total. The van der Waals surface area contributed by atoms with Gasteiger partial charge < -0.3 is 10.5 Å². The van der Waals surface area contributed by atoms with Crippen molar-refractivity contribution in [2.45, 2.75) is 53.4 Å². The van der Waals surface area contributed by atoms with Gasteiger partial charge in [-0.1, -0.05) is 26.8 Å². The van der Waals surface area contributed by atoms with Crippen molar-refractivity contribution >= 4 is 0 Å². The van der Waals surface area contributed by atoms with Crippen LogP contribution in [0, 0.1) is 19.8 Å². The fraction of sp³-hybridized carbons (Fsp3) is 0.647. The molecule has 0 heterocycles. The zero-order valence-corrected chi connectivity index (χ0v) is 13.1. The van der Waals surface area contributed by atoms with Crippen LogP contribution in [0.1, 0.15) is 56.2 Å². The molecule has 0 amide bonds. The molecule has 0 aliphatic carbocycles. The lowest BCUT2D eigenvalue weighted by Gasteiger charge is -2.23. The SMILES string of the molecule is CCCOc1ccc(C(C)C(C)CCN)c(C)c1C. The van der Waals surface area contributed by atoms with E-state index in [1.807, 2.05) is 0 Å². The zero-order valence-electron chi connectivity index (χ0n) is 13.1. The molecule has 0 aromatic heterocycles. The van der Waals surface area contributed by atoms with Crippen LogP contribution in [-0.2, 0) is 0 Å². The zero-order chi connectivity index (χ0) is 14.4. The van der Waals surface area contributed by atoms with E-state index in [2.05, 4.69) is 46.8 Å². The minimum absolute atomic E-state index is 0.544. The highest BCUT2D eigenvalue weighted by Gasteiger charge is 2.17. The Morgan fingerprint density at radius 3 is 2.42 bits per heavy atom. The second-order valence-electron chi connectivity index (χ2n) is 5.59. The fourth-order valence-corrected chi connectivity index (χ4v) is 2.50. The Morgan fingerprint density at radius 2 is 1.84 bits per heavy atom. The van der Waals surface area contributed by atoms with Crippen molar-refractivity contribution in [1.82, 2.24) is 0 Å². The molecule has 1 rings (SSSR count). The van der Waals surface area contributed by atoms with Gasteiger partial charge in [0.1, 0.15) is 5.75 Å². The first-order chi connectivity index (χ1) is 9.02. The van der Waals surface area contributed by atoms with Gasteiger partial charge in [0.05, 0.1) is 6.61 Å². The summed E-state index contributed by atoms with van der Waals surface area (Å²) < 4.78 is 5.79. The highest BCUT2D eigenvalue weighted by Crippen LogP contribution is 2.33. The van der Waals surface area contributed by atoms with E-state index in [4.69, 9.17) is 10.5 Å². The molecule has 0 aliphatic rings. The summed E-state index contributed by atoms with van der Waals surface area (Å²) in [5.74, 6) is 2.19. The monoisotopic (exact) mass is 263 g/mol.